The number of pyridine rings is 2. The van der Waals surface area contributed by atoms with Gasteiger partial charge in [-0.25, -0.2) is 4.98 Å². The van der Waals surface area contributed by atoms with Gasteiger partial charge in [-0.2, -0.15) is 0 Å². The SMILES string of the molecule is CN(CCN1CCCC1)C(=O)c1c(=O)c2ccc(N3CCN(C(=O)CCCCCN)CC3)nc2n2c3ccccc3n(C)c12. The predicted octanol–water partition coefficient (Wildman–Crippen LogP) is 2.67. The number of likely N-dealkylation sites (N-methyl/N-ethyl adjacent to an activating group) is 1. The number of carbonyl (C=O) groups excluding carboxylic acids is 2. The second-order valence-electron chi connectivity index (χ2n) is 12.2. The monoisotopic (exact) mass is 600 g/mol. The number of piperazine rings is 1. The number of hydrogen-bond donors (Lipinski definition) is 1. The lowest BCUT2D eigenvalue weighted by atomic mass is 10.1. The van der Waals surface area contributed by atoms with Gasteiger partial charge in [0, 0.05) is 59.8 Å². The van der Waals surface area contributed by atoms with E-state index in [2.05, 4.69) is 9.80 Å². The molecule has 11 nitrogen and oxygen atoms in total. The minimum absolute atomic E-state index is 0.174. The first-order valence-electron chi connectivity index (χ1n) is 16.0. The Labute approximate surface area is 257 Å². The summed E-state index contributed by atoms with van der Waals surface area (Å²) in [6, 6.07) is 11.6. The molecule has 234 valence electrons. The van der Waals surface area contributed by atoms with Gasteiger partial charge in [0.1, 0.15) is 17.0 Å². The third-order valence-corrected chi connectivity index (χ3v) is 9.34. The van der Waals surface area contributed by atoms with Gasteiger partial charge in [-0.3, -0.25) is 18.8 Å². The van der Waals surface area contributed by atoms with E-state index >= 15 is 0 Å². The van der Waals surface area contributed by atoms with E-state index in [1.54, 1.807) is 11.9 Å². The summed E-state index contributed by atoms with van der Waals surface area (Å²) in [5.41, 5.74) is 8.35. The first kappa shape index (κ1) is 30.1. The molecule has 0 aliphatic carbocycles. The van der Waals surface area contributed by atoms with Crippen LogP contribution in [0.25, 0.3) is 27.7 Å². The molecule has 44 heavy (non-hydrogen) atoms. The Hall–Kier alpha value is -3.96. The van der Waals surface area contributed by atoms with Crippen molar-refractivity contribution in [3.05, 3.63) is 52.2 Å². The van der Waals surface area contributed by atoms with Crippen molar-refractivity contribution >= 4 is 45.3 Å². The van der Waals surface area contributed by atoms with Crippen LogP contribution in [0.2, 0.25) is 0 Å². The molecule has 0 atom stereocenters. The van der Waals surface area contributed by atoms with Gasteiger partial charge in [-0.05, 0) is 69.6 Å². The van der Waals surface area contributed by atoms with Crippen LogP contribution in [-0.2, 0) is 11.8 Å². The van der Waals surface area contributed by atoms with Crippen LogP contribution in [0.5, 0.6) is 0 Å². The number of likely N-dealkylation sites (tertiary alicyclic amines) is 1. The van der Waals surface area contributed by atoms with Crippen LogP contribution in [0.15, 0.2) is 41.2 Å². The van der Waals surface area contributed by atoms with Gasteiger partial charge in [-0.1, -0.05) is 18.6 Å². The Morgan fingerprint density at radius 2 is 1.66 bits per heavy atom. The highest BCUT2D eigenvalue weighted by molar-refractivity contribution is 6.05. The summed E-state index contributed by atoms with van der Waals surface area (Å²) in [6.45, 7) is 6.74. The summed E-state index contributed by atoms with van der Waals surface area (Å²) in [7, 11) is 3.69. The Kier molecular flexibility index (Phi) is 8.86. The molecule has 6 rings (SSSR count). The van der Waals surface area contributed by atoms with Gasteiger partial charge in [0.15, 0.2) is 5.65 Å². The molecule has 4 aromatic rings. The number of carbonyl (C=O) groups is 2. The molecule has 1 aromatic carbocycles. The van der Waals surface area contributed by atoms with Crippen LogP contribution in [0.4, 0.5) is 5.82 Å². The number of benzene rings is 1. The van der Waals surface area contributed by atoms with Crippen molar-refractivity contribution in [2.24, 2.45) is 12.8 Å². The van der Waals surface area contributed by atoms with Crippen molar-refractivity contribution in [1.82, 2.24) is 28.7 Å². The molecule has 2 fully saturated rings. The zero-order valence-corrected chi connectivity index (χ0v) is 26.0. The summed E-state index contributed by atoms with van der Waals surface area (Å²) < 4.78 is 3.90. The van der Waals surface area contributed by atoms with Crippen molar-refractivity contribution in [1.29, 1.82) is 0 Å². The molecular formula is C33H44N8O3. The molecule has 0 saturated carbocycles. The molecule has 2 saturated heterocycles. The number of rotatable bonds is 10. The van der Waals surface area contributed by atoms with Crippen LogP contribution in [0.1, 0.15) is 48.9 Å². The number of nitrogens with two attached hydrogens (primary N) is 1. The lowest BCUT2D eigenvalue weighted by Gasteiger charge is -2.35. The van der Waals surface area contributed by atoms with E-state index in [9.17, 15) is 14.4 Å². The number of imidazole rings is 1. The maximum Gasteiger partial charge on any atom is 0.261 e. The van der Waals surface area contributed by atoms with Crippen molar-refractivity contribution in [3.63, 3.8) is 0 Å². The molecule has 2 amide bonds. The Morgan fingerprint density at radius 1 is 0.932 bits per heavy atom. The average Bonchev–Trinajstić information content (AvgIpc) is 3.68. The molecule has 0 radical (unpaired) electrons. The molecule has 3 aromatic heterocycles. The van der Waals surface area contributed by atoms with E-state index in [1.165, 1.54) is 12.8 Å². The highest BCUT2D eigenvalue weighted by atomic mass is 16.2. The van der Waals surface area contributed by atoms with E-state index in [4.69, 9.17) is 10.7 Å². The Bertz CT molecular complexity index is 1730. The van der Waals surface area contributed by atoms with Crippen LogP contribution in [0.3, 0.4) is 0 Å². The molecule has 0 spiro atoms. The fraction of sp³-hybridized carbons (Fsp3) is 0.515. The Balaban J connectivity index is 1.33. The molecule has 2 aliphatic heterocycles. The molecule has 0 bridgehead atoms. The first-order valence-corrected chi connectivity index (χ1v) is 16.0. The summed E-state index contributed by atoms with van der Waals surface area (Å²) in [5, 5.41) is 0.421. The second kappa shape index (κ2) is 13.0. The molecule has 2 aliphatic rings. The summed E-state index contributed by atoms with van der Waals surface area (Å²) in [6.07, 6.45) is 5.75. The van der Waals surface area contributed by atoms with E-state index in [0.29, 0.717) is 62.4 Å². The van der Waals surface area contributed by atoms with Gasteiger partial charge < -0.3 is 29.9 Å². The van der Waals surface area contributed by atoms with Crippen LogP contribution in [0, 0.1) is 0 Å². The van der Waals surface area contributed by atoms with E-state index in [1.807, 2.05) is 57.3 Å². The molecule has 5 heterocycles. The number of aryl methyl sites for hydroxylation is 1. The van der Waals surface area contributed by atoms with Gasteiger partial charge in [0.2, 0.25) is 11.3 Å². The number of unbranched alkanes of at least 4 members (excludes halogenated alkanes) is 2. The highest BCUT2D eigenvalue weighted by Crippen LogP contribution is 2.27. The quantitative estimate of drug-likeness (QED) is 0.279. The lowest BCUT2D eigenvalue weighted by Crippen LogP contribution is -2.49. The lowest BCUT2D eigenvalue weighted by molar-refractivity contribution is -0.131. The van der Waals surface area contributed by atoms with E-state index in [0.717, 1.165) is 55.7 Å². The van der Waals surface area contributed by atoms with Crippen molar-refractivity contribution < 1.29 is 9.59 Å². The average molecular weight is 601 g/mol. The maximum absolute atomic E-state index is 14.1. The van der Waals surface area contributed by atoms with E-state index < -0.39 is 0 Å². The fourth-order valence-electron chi connectivity index (χ4n) is 6.73. The van der Waals surface area contributed by atoms with Gasteiger partial charge >= 0.3 is 0 Å². The summed E-state index contributed by atoms with van der Waals surface area (Å²) >= 11 is 0. The zero-order valence-electron chi connectivity index (χ0n) is 26.0. The smallest absolute Gasteiger partial charge is 0.261 e. The predicted molar refractivity (Wildman–Crippen MR) is 174 cm³/mol. The van der Waals surface area contributed by atoms with Crippen LogP contribution < -0.4 is 16.1 Å². The largest absolute Gasteiger partial charge is 0.353 e. The number of anilines is 1. The van der Waals surface area contributed by atoms with Crippen molar-refractivity contribution in [2.75, 3.05) is 70.9 Å². The van der Waals surface area contributed by atoms with Gasteiger partial charge in [0.25, 0.3) is 5.91 Å². The van der Waals surface area contributed by atoms with E-state index in [-0.39, 0.29) is 22.8 Å². The van der Waals surface area contributed by atoms with Gasteiger partial charge in [-0.15, -0.1) is 0 Å². The third kappa shape index (κ3) is 5.66. The number of nitrogens with zero attached hydrogens (tertiary/aromatic N) is 7. The molecule has 2 N–H and O–H groups in total. The summed E-state index contributed by atoms with van der Waals surface area (Å²) in [5.74, 6) is 0.683. The van der Waals surface area contributed by atoms with Crippen LogP contribution in [-0.4, -0.2) is 106 Å². The number of para-hydroxylation sites is 2. The number of aromatic nitrogens is 3. The molecule has 0 unspecified atom stereocenters. The normalized spacial score (nSPS) is 16.1. The molecule has 11 heteroatoms. The topological polar surface area (TPSA) is 112 Å². The fourth-order valence-corrected chi connectivity index (χ4v) is 6.73. The van der Waals surface area contributed by atoms with Crippen molar-refractivity contribution in [2.45, 2.75) is 38.5 Å². The number of hydrogen-bond acceptors (Lipinski definition) is 7. The summed E-state index contributed by atoms with van der Waals surface area (Å²) in [4.78, 5) is 54.0. The molecular weight excluding hydrogens is 556 g/mol. The first-order chi connectivity index (χ1) is 21.4. The standard InChI is InChI=1S/C33H44N8O3/c1-36(18-19-38-16-8-9-17-38)33(44)29-30(43)24-13-14-27(39-20-22-40(23-21-39)28(42)12-4-3-7-15-34)35-31(24)41-26-11-6-5-10-25(26)37(2)32(29)41/h5-6,10-11,13-14H,3-4,7-9,12,15-23,34H2,1-2H3. The number of amides is 2. The van der Waals surface area contributed by atoms with Crippen molar-refractivity contribution in [3.8, 4) is 0 Å². The van der Waals surface area contributed by atoms with Gasteiger partial charge in [0.05, 0.1) is 16.4 Å². The van der Waals surface area contributed by atoms with Crippen LogP contribution >= 0.6 is 0 Å². The minimum atomic E-state index is -0.298. The zero-order chi connectivity index (χ0) is 30.8. The Morgan fingerprint density at radius 3 is 2.39 bits per heavy atom. The highest BCUT2D eigenvalue weighted by Gasteiger charge is 2.28. The third-order valence-electron chi connectivity index (χ3n) is 9.34. The minimum Gasteiger partial charge on any atom is -0.353 e. The second-order valence-corrected chi connectivity index (χ2v) is 12.2. The number of fused-ring (bicyclic) bond motifs is 5. The maximum atomic E-state index is 14.1.